The van der Waals surface area contributed by atoms with Crippen LogP contribution in [0.5, 0.6) is 5.75 Å². The first-order valence-corrected chi connectivity index (χ1v) is 12.7. The van der Waals surface area contributed by atoms with Gasteiger partial charge in [0.2, 0.25) is 0 Å². The van der Waals surface area contributed by atoms with E-state index < -0.39 is 29.0 Å². The van der Waals surface area contributed by atoms with Crippen molar-refractivity contribution in [1.29, 1.82) is 0 Å². The summed E-state index contributed by atoms with van der Waals surface area (Å²) >= 11 is 5.88. The number of ether oxygens (including phenoxy) is 2. The topological polar surface area (TPSA) is 114 Å². The Morgan fingerprint density at radius 2 is 1.92 bits per heavy atom. The van der Waals surface area contributed by atoms with E-state index in [1.807, 2.05) is 0 Å². The molecular formula is C26H34ClFN4O5. The Morgan fingerprint density at radius 3 is 2.43 bits per heavy atom. The summed E-state index contributed by atoms with van der Waals surface area (Å²) in [7, 11) is 0. The molecule has 0 spiro atoms. The smallest absolute Gasteiger partial charge is 0.408 e. The molecule has 1 unspecified atom stereocenters. The number of hydrogen-bond donors (Lipinski definition) is 2. The van der Waals surface area contributed by atoms with Gasteiger partial charge in [0.25, 0.3) is 5.91 Å². The number of nitrogens with one attached hydrogen (secondary N) is 2. The lowest BCUT2D eigenvalue weighted by Crippen LogP contribution is -2.54. The molecule has 202 valence electrons. The third-order valence-corrected chi connectivity index (χ3v) is 6.48. The Labute approximate surface area is 221 Å². The molecule has 1 aromatic heterocycles. The molecule has 1 aromatic carbocycles. The zero-order chi connectivity index (χ0) is 27.4. The average Bonchev–Trinajstić information content (AvgIpc) is 3.21. The highest BCUT2D eigenvalue weighted by molar-refractivity contribution is 6.29. The summed E-state index contributed by atoms with van der Waals surface area (Å²) in [6.07, 6.45) is 2.59. The number of carbonyl (C=O) groups is 3. The molecule has 3 rings (SSSR count). The first kappa shape index (κ1) is 28.4. The molecule has 37 heavy (non-hydrogen) atoms. The molecule has 9 nitrogen and oxygen atoms in total. The Balaban J connectivity index is 1.71. The monoisotopic (exact) mass is 536 g/mol. The molecule has 1 atom stereocenters. The number of nitrogens with zero attached hydrogens (tertiary/aromatic N) is 2. The minimum Gasteiger partial charge on any atom is -0.444 e. The number of benzene rings is 1. The van der Waals surface area contributed by atoms with Crippen molar-refractivity contribution >= 4 is 29.6 Å². The second-order valence-electron chi connectivity index (χ2n) is 10.5. The maximum atomic E-state index is 15.1. The second-order valence-corrected chi connectivity index (χ2v) is 10.9. The Bertz CT molecular complexity index is 1140. The number of hydrogen-bond acceptors (Lipinski definition) is 6. The van der Waals surface area contributed by atoms with Crippen molar-refractivity contribution in [3.63, 3.8) is 0 Å². The molecular weight excluding hydrogens is 503 g/mol. The highest BCUT2D eigenvalue weighted by Gasteiger charge is 2.37. The lowest BCUT2D eigenvalue weighted by molar-refractivity contribution is -0.141. The summed E-state index contributed by atoms with van der Waals surface area (Å²) in [5.41, 5.74) is -1.70. The Kier molecular flexibility index (Phi) is 8.84. The minimum atomic E-state index is -1.38. The average molecular weight is 537 g/mol. The molecule has 0 radical (unpaired) electrons. The van der Waals surface area contributed by atoms with Gasteiger partial charge in [-0.1, -0.05) is 31.0 Å². The summed E-state index contributed by atoms with van der Waals surface area (Å²) in [5.74, 6) is -1.41. The number of carbonyl (C=O) groups excluding carboxylic acids is 3. The number of halogens is 2. The van der Waals surface area contributed by atoms with Crippen molar-refractivity contribution in [3.8, 4) is 5.75 Å². The van der Waals surface area contributed by atoms with Gasteiger partial charge in [0.15, 0.2) is 5.69 Å². The fraction of sp³-hybridized carbons (Fsp3) is 0.538. The van der Waals surface area contributed by atoms with E-state index in [0.717, 1.165) is 25.3 Å². The quantitative estimate of drug-likeness (QED) is 0.334. The zero-order valence-electron chi connectivity index (χ0n) is 21.8. The van der Waals surface area contributed by atoms with E-state index in [2.05, 4.69) is 15.5 Å². The highest BCUT2D eigenvalue weighted by atomic mass is 35.5. The van der Waals surface area contributed by atoms with Crippen LogP contribution in [0.2, 0.25) is 5.15 Å². The van der Waals surface area contributed by atoms with Crippen molar-refractivity contribution in [2.75, 3.05) is 6.54 Å². The summed E-state index contributed by atoms with van der Waals surface area (Å²) < 4.78 is 25.7. The summed E-state index contributed by atoms with van der Waals surface area (Å²) in [6, 6.07) is 5.46. The molecule has 11 heteroatoms. The van der Waals surface area contributed by atoms with Crippen LogP contribution in [0.15, 0.2) is 24.3 Å². The Morgan fingerprint density at radius 1 is 1.22 bits per heavy atom. The number of rotatable bonds is 9. The second kappa shape index (κ2) is 11.5. The van der Waals surface area contributed by atoms with Gasteiger partial charge in [-0.3, -0.25) is 9.89 Å². The molecule has 2 N–H and O–H groups in total. The molecule has 0 bridgehead atoms. The van der Waals surface area contributed by atoms with Crippen molar-refractivity contribution < 1.29 is 28.2 Å². The highest BCUT2D eigenvalue weighted by Crippen LogP contribution is 2.29. The van der Waals surface area contributed by atoms with Gasteiger partial charge < -0.3 is 19.7 Å². The fourth-order valence-corrected chi connectivity index (χ4v) is 3.88. The normalized spacial score (nSPS) is 15.3. The van der Waals surface area contributed by atoms with Gasteiger partial charge in [-0.15, -0.1) is 0 Å². The number of aromatic amines is 1. The number of H-pyrrole nitrogens is 1. The van der Waals surface area contributed by atoms with E-state index in [0.29, 0.717) is 12.5 Å². The maximum Gasteiger partial charge on any atom is 0.408 e. The van der Waals surface area contributed by atoms with Crippen molar-refractivity contribution in [3.05, 3.63) is 46.5 Å². The van der Waals surface area contributed by atoms with Crippen molar-refractivity contribution in [2.24, 2.45) is 5.92 Å². The predicted octanol–water partition coefficient (Wildman–Crippen LogP) is 5.24. The maximum absolute atomic E-state index is 15.1. The van der Waals surface area contributed by atoms with E-state index in [4.69, 9.17) is 21.1 Å². The van der Waals surface area contributed by atoms with Crippen LogP contribution < -0.4 is 10.1 Å². The van der Waals surface area contributed by atoms with Crippen LogP contribution in [0.25, 0.3) is 0 Å². The molecule has 1 fully saturated rings. The number of esters is 1. The van der Waals surface area contributed by atoms with Gasteiger partial charge in [-0.2, -0.15) is 5.10 Å². The van der Waals surface area contributed by atoms with E-state index in [1.54, 1.807) is 32.6 Å². The van der Waals surface area contributed by atoms with E-state index in [9.17, 15) is 14.4 Å². The molecule has 2 amide bonds. The van der Waals surface area contributed by atoms with E-state index in [1.165, 1.54) is 25.1 Å². The van der Waals surface area contributed by atoms with Gasteiger partial charge in [0.05, 0.1) is 0 Å². The van der Waals surface area contributed by atoms with Gasteiger partial charge in [0, 0.05) is 30.8 Å². The van der Waals surface area contributed by atoms with Crippen LogP contribution in [0, 0.1) is 11.7 Å². The summed E-state index contributed by atoms with van der Waals surface area (Å²) in [6.45, 7) is 8.85. The molecule has 2 aromatic rings. The molecule has 0 aliphatic heterocycles. The minimum absolute atomic E-state index is 0.0205. The lowest BCUT2D eigenvalue weighted by Gasteiger charge is -2.32. The van der Waals surface area contributed by atoms with Gasteiger partial charge >= 0.3 is 12.1 Å². The van der Waals surface area contributed by atoms with Crippen LogP contribution in [-0.2, 0) is 16.1 Å². The summed E-state index contributed by atoms with van der Waals surface area (Å²) in [5, 5.41) is 9.25. The standard InChI is InChI=1S/C26H34ClFN4O5/c1-6-26(5,29-24(35)37-25(2,3)4)23(34)36-18-11-10-17(19(28)12-18)15-32(14-16-8-7-9-16)22(33)20-13-21(27)31-30-20/h10-13,16H,6-9,14-15H2,1-5H3,(H,29,35)(H,30,31). The zero-order valence-corrected chi connectivity index (χ0v) is 22.6. The van der Waals surface area contributed by atoms with Gasteiger partial charge in [-0.25, -0.2) is 14.0 Å². The molecule has 0 saturated heterocycles. The van der Waals surface area contributed by atoms with Gasteiger partial charge in [-0.05, 0) is 58.9 Å². The largest absolute Gasteiger partial charge is 0.444 e. The number of alkyl carbamates (subject to hydrolysis) is 1. The third-order valence-electron chi connectivity index (χ3n) is 6.29. The SMILES string of the molecule is CCC(C)(NC(=O)OC(C)(C)C)C(=O)Oc1ccc(CN(CC2CCC2)C(=O)c2cc(Cl)[nH]n2)c(F)c1. The van der Waals surface area contributed by atoms with Crippen LogP contribution >= 0.6 is 11.6 Å². The van der Waals surface area contributed by atoms with Crippen LogP contribution in [0.4, 0.5) is 9.18 Å². The van der Waals surface area contributed by atoms with Crippen molar-refractivity contribution in [1.82, 2.24) is 20.4 Å². The first-order valence-electron chi connectivity index (χ1n) is 12.3. The lowest BCUT2D eigenvalue weighted by atomic mass is 9.85. The third kappa shape index (κ3) is 7.67. The predicted molar refractivity (Wildman–Crippen MR) is 136 cm³/mol. The van der Waals surface area contributed by atoms with Crippen LogP contribution in [-0.4, -0.2) is 50.8 Å². The Hall–Kier alpha value is -3.14. The number of amides is 2. The molecule has 1 heterocycles. The fourth-order valence-electron chi connectivity index (χ4n) is 3.73. The molecule has 1 aliphatic carbocycles. The molecule has 1 aliphatic rings. The van der Waals surface area contributed by atoms with Crippen molar-refractivity contribution in [2.45, 2.75) is 78.0 Å². The van der Waals surface area contributed by atoms with Crippen LogP contribution in [0.1, 0.15) is 76.4 Å². The summed E-state index contributed by atoms with van der Waals surface area (Å²) in [4.78, 5) is 39.6. The van der Waals surface area contributed by atoms with Gasteiger partial charge in [0.1, 0.15) is 27.9 Å². The van der Waals surface area contributed by atoms with Crippen LogP contribution in [0.3, 0.4) is 0 Å². The first-order chi connectivity index (χ1) is 17.3. The van der Waals surface area contributed by atoms with E-state index in [-0.39, 0.29) is 41.0 Å². The number of aromatic nitrogens is 2. The van der Waals surface area contributed by atoms with E-state index >= 15 is 4.39 Å². The molecule has 1 saturated carbocycles.